The second kappa shape index (κ2) is 3.32. The van der Waals surface area contributed by atoms with Crippen molar-refractivity contribution in [1.29, 1.82) is 0 Å². The number of rotatable bonds is 1. The smallest absolute Gasteiger partial charge is 0.00929 e. The van der Waals surface area contributed by atoms with Crippen LogP contribution in [0.4, 0.5) is 0 Å². The van der Waals surface area contributed by atoms with Crippen LogP contribution in [0.5, 0.6) is 0 Å². The fraction of sp³-hybridized carbons (Fsp3) is 0.692. The highest BCUT2D eigenvalue weighted by Gasteiger charge is 2.35. The van der Waals surface area contributed by atoms with Gasteiger partial charge in [0, 0.05) is 0 Å². The molecule has 0 spiro atoms. The lowest BCUT2D eigenvalue weighted by Crippen LogP contribution is -2.31. The van der Waals surface area contributed by atoms with Gasteiger partial charge in [0.25, 0.3) is 0 Å². The summed E-state index contributed by atoms with van der Waals surface area (Å²) in [6.45, 7) is 11.7. The van der Waals surface area contributed by atoms with Crippen molar-refractivity contribution in [1.82, 2.24) is 0 Å². The minimum atomic E-state index is 0.317. The van der Waals surface area contributed by atoms with Crippen LogP contribution in [0, 0.1) is 10.8 Å². The van der Waals surface area contributed by atoms with Gasteiger partial charge in [0.05, 0.1) is 0 Å². The van der Waals surface area contributed by atoms with Crippen LogP contribution in [0.25, 0.3) is 0 Å². The molecule has 74 valence electrons. The molecular weight excluding hydrogens is 156 g/mol. The Morgan fingerprint density at radius 2 is 1.69 bits per heavy atom. The number of hydrogen-bond acceptors (Lipinski definition) is 0. The molecule has 0 saturated heterocycles. The largest absolute Gasteiger partial charge is 0.0842 e. The second-order valence-electron chi connectivity index (χ2n) is 5.53. The molecule has 0 aromatic rings. The van der Waals surface area contributed by atoms with Gasteiger partial charge in [0.15, 0.2) is 0 Å². The van der Waals surface area contributed by atoms with E-state index in [1.54, 1.807) is 5.57 Å². The van der Waals surface area contributed by atoms with Gasteiger partial charge in [-0.15, -0.1) is 0 Å². The van der Waals surface area contributed by atoms with Gasteiger partial charge in [-0.05, 0) is 23.7 Å². The summed E-state index contributed by atoms with van der Waals surface area (Å²) in [5.74, 6) is 0. The summed E-state index contributed by atoms with van der Waals surface area (Å²) < 4.78 is 0. The summed E-state index contributed by atoms with van der Waals surface area (Å²) >= 11 is 0. The molecule has 0 radical (unpaired) electrons. The van der Waals surface area contributed by atoms with E-state index in [1.807, 2.05) is 0 Å². The predicted octanol–water partition coefficient (Wildman–Crippen LogP) is 4.34. The van der Waals surface area contributed by atoms with E-state index < -0.39 is 0 Å². The Kier molecular flexibility index (Phi) is 2.70. The average Bonchev–Trinajstić information content (AvgIpc) is 2.04. The zero-order valence-electron chi connectivity index (χ0n) is 9.65. The van der Waals surface area contributed by atoms with Gasteiger partial charge in [-0.25, -0.2) is 0 Å². The summed E-state index contributed by atoms with van der Waals surface area (Å²) in [5, 5.41) is 0. The molecule has 0 aromatic heterocycles. The molecule has 0 nitrogen and oxygen atoms in total. The highest BCUT2D eigenvalue weighted by molar-refractivity contribution is 5.24. The highest BCUT2D eigenvalue weighted by Crippen LogP contribution is 2.46. The first-order valence-electron chi connectivity index (χ1n) is 5.22. The summed E-state index contributed by atoms with van der Waals surface area (Å²) in [5.41, 5.74) is 2.27. The molecule has 1 aliphatic rings. The topological polar surface area (TPSA) is 0 Å². The first-order valence-corrected chi connectivity index (χ1v) is 5.22. The molecule has 1 rings (SSSR count). The Bertz CT molecular complexity index is 233. The van der Waals surface area contributed by atoms with Crippen LogP contribution < -0.4 is 0 Å². The van der Waals surface area contributed by atoms with Gasteiger partial charge in [-0.1, -0.05) is 58.4 Å². The third kappa shape index (κ3) is 2.04. The fourth-order valence-corrected chi connectivity index (χ4v) is 1.61. The fourth-order valence-electron chi connectivity index (χ4n) is 1.61. The minimum absolute atomic E-state index is 0.317. The lowest BCUT2D eigenvalue weighted by atomic mass is 9.63. The van der Waals surface area contributed by atoms with Gasteiger partial charge in [-0.3, -0.25) is 0 Å². The van der Waals surface area contributed by atoms with E-state index in [0.717, 1.165) is 0 Å². The Morgan fingerprint density at radius 3 is 2.08 bits per heavy atom. The molecule has 0 atom stereocenters. The van der Waals surface area contributed by atoms with Gasteiger partial charge in [0.1, 0.15) is 0 Å². The third-order valence-electron chi connectivity index (χ3n) is 3.69. The molecule has 0 heterocycles. The van der Waals surface area contributed by atoms with Crippen molar-refractivity contribution >= 4 is 0 Å². The molecular formula is C13H22. The maximum atomic E-state index is 2.36. The van der Waals surface area contributed by atoms with Crippen LogP contribution in [-0.4, -0.2) is 0 Å². The van der Waals surface area contributed by atoms with Crippen molar-refractivity contribution in [3.63, 3.8) is 0 Å². The molecule has 1 aliphatic carbocycles. The molecule has 0 bridgehead atoms. The van der Waals surface area contributed by atoms with E-state index in [-0.39, 0.29) is 0 Å². The van der Waals surface area contributed by atoms with Crippen LogP contribution in [0.3, 0.4) is 0 Å². The molecule has 0 heteroatoms. The molecule has 0 aliphatic heterocycles. The Balaban J connectivity index is 2.92. The van der Waals surface area contributed by atoms with Gasteiger partial charge in [0.2, 0.25) is 0 Å². The number of hydrogen-bond donors (Lipinski definition) is 0. The minimum Gasteiger partial charge on any atom is -0.0842 e. The average molecular weight is 178 g/mol. The van der Waals surface area contributed by atoms with E-state index >= 15 is 0 Å². The number of allylic oxidation sites excluding steroid dienone is 4. The zero-order chi connectivity index (χ0) is 10.1. The maximum absolute atomic E-state index is 2.36. The van der Waals surface area contributed by atoms with Crippen LogP contribution in [-0.2, 0) is 0 Å². The van der Waals surface area contributed by atoms with Crippen molar-refractivity contribution in [2.75, 3.05) is 0 Å². The van der Waals surface area contributed by atoms with E-state index in [9.17, 15) is 0 Å². The summed E-state index contributed by atoms with van der Waals surface area (Å²) in [6.07, 6.45) is 9.20. The highest BCUT2D eigenvalue weighted by atomic mass is 14.4. The van der Waals surface area contributed by atoms with Gasteiger partial charge >= 0.3 is 0 Å². The first-order chi connectivity index (χ1) is 5.86. The SMILES string of the molecule is CC(C)(C)C(C)(C)C1=CC=CCC1. The van der Waals surface area contributed by atoms with E-state index in [0.29, 0.717) is 10.8 Å². The molecule has 13 heavy (non-hydrogen) atoms. The molecule has 0 N–H and O–H groups in total. The standard InChI is InChI=1S/C13H22/c1-12(2,3)13(4,5)11-9-7-6-8-10-11/h6-7,9H,8,10H2,1-5H3. The summed E-state index contributed by atoms with van der Waals surface area (Å²) in [6, 6.07) is 0. The monoisotopic (exact) mass is 178 g/mol. The second-order valence-corrected chi connectivity index (χ2v) is 5.53. The van der Waals surface area contributed by atoms with Crippen LogP contribution in [0.1, 0.15) is 47.5 Å². The third-order valence-corrected chi connectivity index (χ3v) is 3.69. The van der Waals surface area contributed by atoms with E-state index in [2.05, 4.69) is 52.8 Å². The van der Waals surface area contributed by atoms with Gasteiger partial charge < -0.3 is 0 Å². The van der Waals surface area contributed by atoms with Crippen LogP contribution in [0.15, 0.2) is 23.8 Å². The molecule has 0 amide bonds. The van der Waals surface area contributed by atoms with Crippen LogP contribution in [0.2, 0.25) is 0 Å². The Hall–Kier alpha value is -0.520. The maximum Gasteiger partial charge on any atom is -0.00929 e. The molecule has 0 fully saturated rings. The summed E-state index contributed by atoms with van der Waals surface area (Å²) in [4.78, 5) is 0. The van der Waals surface area contributed by atoms with E-state index in [1.165, 1.54) is 12.8 Å². The zero-order valence-corrected chi connectivity index (χ0v) is 9.65. The van der Waals surface area contributed by atoms with Crippen molar-refractivity contribution in [3.8, 4) is 0 Å². The predicted molar refractivity (Wildman–Crippen MR) is 59.7 cm³/mol. The first kappa shape index (κ1) is 10.6. The normalized spacial score (nSPS) is 18.7. The molecule has 0 aromatic carbocycles. The van der Waals surface area contributed by atoms with Crippen molar-refractivity contribution in [3.05, 3.63) is 23.8 Å². The Labute approximate surface area is 82.7 Å². The quantitative estimate of drug-likeness (QED) is 0.560. The Morgan fingerprint density at radius 1 is 1.08 bits per heavy atom. The van der Waals surface area contributed by atoms with Crippen LogP contribution >= 0.6 is 0 Å². The van der Waals surface area contributed by atoms with Crippen molar-refractivity contribution in [2.24, 2.45) is 10.8 Å². The van der Waals surface area contributed by atoms with Crippen molar-refractivity contribution in [2.45, 2.75) is 47.5 Å². The van der Waals surface area contributed by atoms with Gasteiger partial charge in [-0.2, -0.15) is 0 Å². The summed E-state index contributed by atoms with van der Waals surface area (Å²) in [7, 11) is 0. The van der Waals surface area contributed by atoms with E-state index in [4.69, 9.17) is 0 Å². The molecule has 0 unspecified atom stereocenters. The molecule has 0 saturated carbocycles. The lowest BCUT2D eigenvalue weighted by Gasteiger charge is -2.41. The van der Waals surface area contributed by atoms with Crippen molar-refractivity contribution < 1.29 is 0 Å². The lowest BCUT2D eigenvalue weighted by molar-refractivity contribution is 0.172.